The molecule has 1 aromatic rings. The van der Waals surface area contributed by atoms with Gasteiger partial charge in [0.2, 0.25) is 0 Å². The molecule has 2 amide bonds. The molecule has 1 unspecified atom stereocenters. The van der Waals surface area contributed by atoms with Crippen LogP contribution in [0, 0.1) is 5.41 Å². The third-order valence-corrected chi connectivity index (χ3v) is 3.47. The maximum atomic E-state index is 11.7. The van der Waals surface area contributed by atoms with Gasteiger partial charge in [0.1, 0.15) is 0 Å². The molecular formula is C14H21N3O. The number of hydrogen-bond donors (Lipinski definition) is 3. The second-order valence-corrected chi connectivity index (χ2v) is 5.53. The first-order valence-electron chi connectivity index (χ1n) is 6.39. The van der Waals surface area contributed by atoms with Crippen LogP contribution in [0.5, 0.6) is 0 Å². The summed E-state index contributed by atoms with van der Waals surface area (Å²) < 4.78 is 0. The standard InChI is InChI=1S/C14H21N3O/c1-10(15)11-3-5-12(6-4-11)17-13(18)16-9-14(2)7-8-14/h3-6,10H,7-9,15H2,1-2H3,(H2,16,17,18). The molecule has 2 rings (SSSR count). The Morgan fingerprint density at radius 1 is 1.39 bits per heavy atom. The van der Waals surface area contributed by atoms with Crippen LogP contribution in [0.3, 0.4) is 0 Å². The Hall–Kier alpha value is -1.55. The van der Waals surface area contributed by atoms with E-state index in [9.17, 15) is 4.79 Å². The van der Waals surface area contributed by atoms with Crippen molar-refractivity contribution in [1.29, 1.82) is 0 Å². The van der Waals surface area contributed by atoms with Gasteiger partial charge in [-0.2, -0.15) is 0 Å². The first-order valence-corrected chi connectivity index (χ1v) is 6.39. The Morgan fingerprint density at radius 2 is 2.00 bits per heavy atom. The van der Waals surface area contributed by atoms with Gasteiger partial charge in [0.15, 0.2) is 0 Å². The van der Waals surface area contributed by atoms with Crippen molar-refractivity contribution < 1.29 is 4.79 Å². The highest BCUT2D eigenvalue weighted by Gasteiger charge is 2.37. The minimum absolute atomic E-state index is 0.0164. The summed E-state index contributed by atoms with van der Waals surface area (Å²) in [5, 5.41) is 5.71. The molecule has 1 aliphatic rings. The van der Waals surface area contributed by atoms with Crippen molar-refractivity contribution in [2.45, 2.75) is 32.7 Å². The topological polar surface area (TPSA) is 67.1 Å². The summed E-state index contributed by atoms with van der Waals surface area (Å²) in [5.41, 5.74) is 7.95. The van der Waals surface area contributed by atoms with E-state index in [0.29, 0.717) is 5.41 Å². The highest BCUT2D eigenvalue weighted by Crippen LogP contribution is 2.43. The van der Waals surface area contributed by atoms with Crippen LogP contribution in [0.15, 0.2) is 24.3 Å². The van der Waals surface area contributed by atoms with Crippen molar-refractivity contribution in [3.05, 3.63) is 29.8 Å². The largest absolute Gasteiger partial charge is 0.337 e. The zero-order valence-electron chi connectivity index (χ0n) is 11.0. The van der Waals surface area contributed by atoms with E-state index in [2.05, 4.69) is 17.6 Å². The molecule has 98 valence electrons. The molecule has 0 heterocycles. The van der Waals surface area contributed by atoms with Crippen molar-refractivity contribution in [2.75, 3.05) is 11.9 Å². The van der Waals surface area contributed by atoms with Gasteiger partial charge in [-0.05, 0) is 42.9 Å². The van der Waals surface area contributed by atoms with Gasteiger partial charge in [-0.15, -0.1) is 0 Å². The summed E-state index contributed by atoms with van der Waals surface area (Å²) in [6, 6.07) is 7.48. The van der Waals surface area contributed by atoms with E-state index in [1.165, 1.54) is 12.8 Å². The number of rotatable bonds is 4. The van der Waals surface area contributed by atoms with Crippen LogP contribution in [0.1, 0.15) is 38.3 Å². The number of carbonyl (C=O) groups is 1. The lowest BCUT2D eigenvalue weighted by atomic mass is 10.1. The van der Waals surface area contributed by atoms with Crippen molar-refractivity contribution in [3.8, 4) is 0 Å². The fraction of sp³-hybridized carbons (Fsp3) is 0.500. The molecule has 0 aliphatic heterocycles. The average Bonchev–Trinajstić information content (AvgIpc) is 3.06. The first kappa shape index (κ1) is 12.9. The van der Waals surface area contributed by atoms with Gasteiger partial charge >= 0.3 is 6.03 Å². The molecular weight excluding hydrogens is 226 g/mol. The number of hydrogen-bond acceptors (Lipinski definition) is 2. The Kier molecular flexibility index (Phi) is 3.57. The highest BCUT2D eigenvalue weighted by atomic mass is 16.2. The van der Waals surface area contributed by atoms with E-state index in [4.69, 9.17) is 5.73 Å². The molecule has 0 bridgehead atoms. The molecule has 4 N–H and O–H groups in total. The monoisotopic (exact) mass is 247 g/mol. The Bertz CT molecular complexity index is 421. The van der Waals surface area contributed by atoms with Crippen molar-refractivity contribution in [2.24, 2.45) is 11.1 Å². The third-order valence-electron chi connectivity index (χ3n) is 3.47. The quantitative estimate of drug-likeness (QED) is 0.765. The van der Waals surface area contributed by atoms with Gasteiger partial charge < -0.3 is 16.4 Å². The lowest BCUT2D eigenvalue weighted by Gasteiger charge is -2.12. The van der Waals surface area contributed by atoms with E-state index in [0.717, 1.165) is 17.8 Å². The fourth-order valence-electron chi connectivity index (χ4n) is 1.73. The average molecular weight is 247 g/mol. The van der Waals surface area contributed by atoms with Crippen molar-refractivity contribution in [1.82, 2.24) is 5.32 Å². The summed E-state index contributed by atoms with van der Waals surface area (Å²) in [5.74, 6) is 0. The zero-order chi connectivity index (χ0) is 13.2. The van der Waals surface area contributed by atoms with Crippen molar-refractivity contribution >= 4 is 11.7 Å². The van der Waals surface area contributed by atoms with Gasteiger partial charge in [-0.1, -0.05) is 19.1 Å². The maximum Gasteiger partial charge on any atom is 0.319 e. The molecule has 4 heteroatoms. The van der Waals surface area contributed by atoms with Crippen LogP contribution in [-0.2, 0) is 0 Å². The molecule has 18 heavy (non-hydrogen) atoms. The Balaban J connectivity index is 1.82. The second-order valence-electron chi connectivity index (χ2n) is 5.53. The van der Waals surface area contributed by atoms with Gasteiger partial charge in [-0.25, -0.2) is 4.79 Å². The van der Waals surface area contributed by atoms with Gasteiger partial charge in [0.05, 0.1) is 0 Å². The minimum atomic E-state index is -0.142. The summed E-state index contributed by atoms with van der Waals surface area (Å²) in [6.07, 6.45) is 2.41. The summed E-state index contributed by atoms with van der Waals surface area (Å²) in [7, 11) is 0. The Morgan fingerprint density at radius 3 is 2.50 bits per heavy atom. The minimum Gasteiger partial charge on any atom is -0.337 e. The van der Waals surface area contributed by atoms with Gasteiger partial charge in [-0.3, -0.25) is 0 Å². The van der Waals surface area contributed by atoms with Gasteiger partial charge in [0.25, 0.3) is 0 Å². The zero-order valence-corrected chi connectivity index (χ0v) is 11.0. The summed E-state index contributed by atoms with van der Waals surface area (Å²) >= 11 is 0. The first-order chi connectivity index (χ1) is 8.48. The van der Waals surface area contributed by atoms with E-state index < -0.39 is 0 Å². The molecule has 0 aromatic heterocycles. The van der Waals surface area contributed by atoms with Crippen molar-refractivity contribution in [3.63, 3.8) is 0 Å². The summed E-state index contributed by atoms with van der Waals surface area (Å²) in [6.45, 7) is 4.87. The third kappa shape index (κ3) is 3.47. The normalized spacial score (nSPS) is 17.9. The predicted molar refractivity (Wildman–Crippen MR) is 73.4 cm³/mol. The number of nitrogens with one attached hydrogen (secondary N) is 2. The molecule has 1 aliphatic carbocycles. The van der Waals surface area contributed by atoms with Crippen LogP contribution in [0.2, 0.25) is 0 Å². The number of benzene rings is 1. The van der Waals surface area contributed by atoms with Crippen LogP contribution < -0.4 is 16.4 Å². The number of carbonyl (C=O) groups excluding carboxylic acids is 1. The molecule has 0 saturated heterocycles. The fourth-order valence-corrected chi connectivity index (χ4v) is 1.73. The Labute approximate surface area is 108 Å². The predicted octanol–water partition coefficient (Wildman–Crippen LogP) is 2.63. The molecule has 1 atom stereocenters. The molecule has 0 spiro atoms. The number of nitrogens with two attached hydrogens (primary N) is 1. The lowest BCUT2D eigenvalue weighted by molar-refractivity contribution is 0.250. The maximum absolute atomic E-state index is 11.7. The van der Waals surface area contributed by atoms with Crippen LogP contribution in [0.4, 0.5) is 10.5 Å². The molecule has 4 nitrogen and oxygen atoms in total. The second kappa shape index (κ2) is 4.98. The molecule has 1 aromatic carbocycles. The smallest absolute Gasteiger partial charge is 0.319 e. The van der Waals surface area contributed by atoms with Crippen LogP contribution in [0.25, 0.3) is 0 Å². The van der Waals surface area contributed by atoms with Crippen LogP contribution in [-0.4, -0.2) is 12.6 Å². The van der Waals surface area contributed by atoms with E-state index in [1.54, 1.807) is 0 Å². The number of urea groups is 1. The van der Waals surface area contributed by atoms with E-state index in [-0.39, 0.29) is 12.1 Å². The molecule has 0 radical (unpaired) electrons. The van der Waals surface area contributed by atoms with E-state index in [1.807, 2.05) is 31.2 Å². The van der Waals surface area contributed by atoms with Gasteiger partial charge in [0, 0.05) is 18.3 Å². The number of amides is 2. The lowest BCUT2D eigenvalue weighted by Crippen LogP contribution is -2.32. The van der Waals surface area contributed by atoms with E-state index >= 15 is 0 Å². The van der Waals surface area contributed by atoms with Crippen LogP contribution >= 0.6 is 0 Å². The SMILES string of the molecule is CC(N)c1ccc(NC(=O)NCC2(C)CC2)cc1. The number of anilines is 1. The molecule has 1 saturated carbocycles. The molecule has 1 fully saturated rings. The highest BCUT2D eigenvalue weighted by molar-refractivity contribution is 5.89. The summed E-state index contributed by atoms with van der Waals surface area (Å²) in [4.78, 5) is 11.7.